The number of hydrogen-bond donors (Lipinski definition) is 0. The molecular weight excluding hydrogens is 306 g/mol. The van der Waals surface area contributed by atoms with Crippen molar-refractivity contribution in [3.8, 4) is 5.75 Å². The lowest BCUT2D eigenvalue weighted by atomic mass is 10.2. The molecule has 1 aromatic rings. The average molecular weight is 331 g/mol. The largest absolute Gasteiger partial charge is 0.494 e. The highest BCUT2D eigenvalue weighted by Gasteiger charge is 2.41. The van der Waals surface area contributed by atoms with Crippen molar-refractivity contribution in [2.75, 3.05) is 31.1 Å². The quantitative estimate of drug-likeness (QED) is 0.569. The topological polar surface area (TPSA) is 53.1 Å². The fraction of sp³-hybridized carbons (Fsp3) is 0.444. The molecule has 0 aromatic heterocycles. The molecule has 6 nitrogen and oxygen atoms in total. The van der Waals surface area contributed by atoms with E-state index in [9.17, 15) is 9.59 Å². The zero-order valence-electron chi connectivity index (χ0n) is 14.8. The van der Waals surface area contributed by atoms with Crippen LogP contribution in [-0.2, 0) is 4.79 Å². The first kappa shape index (κ1) is 17.8. The number of likely N-dealkylation sites (N-methyl/N-ethyl adjacent to an activating group) is 1. The maximum atomic E-state index is 12.7. The molecule has 1 aliphatic heterocycles. The Bertz CT molecular complexity index is 621. The van der Waals surface area contributed by atoms with Gasteiger partial charge in [0.05, 0.1) is 12.3 Å². The number of benzene rings is 1. The first-order valence-corrected chi connectivity index (χ1v) is 8.41. The lowest BCUT2D eigenvalue weighted by Crippen LogP contribution is -2.32. The summed E-state index contributed by atoms with van der Waals surface area (Å²) in [6, 6.07) is 6.89. The molecule has 0 bridgehead atoms. The van der Waals surface area contributed by atoms with Gasteiger partial charge >= 0.3 is 6.03 Å². The Labute approximate surface area is 143 Å². The highest BCUT2D eigenvalue weighted by Crippen LogP contribution is 2.30. The van der Waals surface area contributed by atoms with Crippen LogP contribution in [0, 0.1) is 0 Å². The summed E-state index contributed by atoms with van der Waals surface area (Å²) >= 11 is 0. The summed E-state index contributed by atoms with van der Waals surface area (Å²) < 4.78 is 5.44. The fourth-order valence-electron chi connectivity index (χ4n) is 2.62. The number of urea groups is 1. The number of nitrogens with zero attached hydrogens (tertiary/aromatic N) is 3. The van der Waals surface area contributed by atoms with E-state index in [2.05, 4.69) is 0 Å². The summed E-state index contributed by atoms with van der Waals surface area (Å²) in [7, 11) is 0. The second-order valence-electron chi connectivity index (χ2n) is 5.33. The van der Waals surface area contributed by atoms with E-state index in [4.69, 9.17) is 4.74 Å². The third-order valence-corrected chi connectivity index (χ3v) is 3.97. The molecule has 0 aliphatic carbocycles. The Morgan fingerprint density at radius 2 is 1.67 bits per heavy atom. The average Bonchev–Trinajstić information content (AvgIpc) is 2.83. The number of ether oxygens (including phenoxy) is 1. The highest BCUT2D eigenvalue weighted by atomic mass is 16.5. The van der Waals surface area contributed by atoms with Gasteiger partial charge in [0, 0.05) is 25.8 Å². The summed E-state index contributed by atoms with van der Waals surface area (Å²) in [5, 5.41) is 0. The molecule has 1 aliphatic rings. The number of carbonyl (C=O) groups excluding carboxylic acids is 2. The first-order valence-electron chi connectivity index (χ1n) is 8.41. The van der Waals surface area contributed by atoms with Crippen molar-refractivity contribution in [3.05, 3.63) is 36.2 Å². The van der Waals surface area contributed by atoms with Crippen molar-refractivity contribution in [1.82, 2.24) is 9.80 Å². The molecule has 0 atom stereocenters. The van der Waals surface area contributed by atoms with E-state index in [-0.39, 0.29) is 11.9 Å². The van der Waals surface area contributed by atoms with Gasteiger partial charge in [-0.2, -0.15) is 0 Å². The van der Waals surface area contributed by atoms with Crippen LogP contribution >= 0.6 is 0 Å². The first-order chi connectivity index (χ1) is 11.6. The molecule has 130 valence electrons. The van der Waals surface area contributed by atoms with Crippen molar-refractivity contribution < 1.29 is 14.3 Å². The molecule has 1 saturated heterocycles. The van der Waals surface area contributed by atoms with E-state index in [1.54, 1.807) is 37.4 Å². The van der Waals surface area contributed by atoms with Crippen LogP contribution in [0.5, 0.6) is 5.75 Å². The second-order valence-corrected chi connectivity index (χ2v) is 5.33. The number of carbonyl (C=O) groups is 2. The number of anilines is 1. The minimum Gasteiger partial charge on any atom is -0.494 e. The van der Waals surface area contributed by atoms with E-state index in [0.717, 1.165) is 18.8 Å². The SMILES string of the molecule is CCOc1ccc(N2C(=O)N(CC)C(=O)/C2=C/N(CC)CC)cc1. The number of amides is 3. The van der Waals surface area contributed by atoms with Gasteiger partial charge in [-0.25, -0.2) is 4.79 Å². The zero-order chi connectivity index (χ0) is 17.7. The molecule has 2 rings (SSSR count). The monoisotopic (exact) mass is 331 g/mol. The van der Waals surface area contributed by atoms with E-state index in [1.165, 1.54) is 9.80 Å². The fourth-order valence-corrected chi connectivity index (χ4v) is 2.62. The number of imide groups is 1. The van der Waals surface area contributed by atoms with E-state index >= 15 is 0 Å². The molecule has 1 heterocycles. The van der Waals surface area contributed by atoms with Crippen LogP contribution < -0.4 is 9.64 Å². The molecule has 0 saturated carbocycles. The van der Waals surface area contributed by atoms with Crippen LogP contribution in [0.25, 0.3) is 0 Å². The van der Waals surface area contributed by atoms with Gasteiger partial charge < -0.3 is 9.64 Å². The second kappa shape index (κ2) is 7.86. The van der Waals surface area contributed by atoms with E-state index in [1.807, 2.05) is 25.7 Å². The Morgan fingerprint density at radius 1 is 1.04 bits per heavy atom. The normalized spacial score (nSPS) is 16.2. The van der Waals surface area contributed by atoms with Gasteiger partial charge in [0.1, 0.15) is 11.4 Å². The van der Waals surface area contributed by atoms with Crippen LogP contribution in [0.3, 0.4) is 0 Å². The summed E-state index contributed by atoms with van der Waals surface area (Å²) in [5.74, 6) is 0.476. The standard InChI is InChI=1S/C18H25N3O3/c1-5-19(6-2)13-16-17(22)20(7-3)18(23)21(16)14-9-11-15(12-10-14)24-8-4/h9-13H,5-8H2,1-4H3/b16-13-. The van der Waals surface area contributed by atoms with Crippen LogP contribution in [0.15, 0.2) is 36.2 Å². The molecule has 1 aromatic carbocycles. The van der Waals surface area contributed by atoms with Crippen molar-refractivity contribution in [3.63, 3.8) is 0 Å². The lowest BCUT2D eigenvalue weighted by Gasteiger charge is -2.20. The van der Waals surface area contributed by atoms with Gasteiger partial charge in [0.2, 0.25) is 0 Å². The molecule has 24 heavy (non-hydrogen) atoms. The predicted octanol–water partition coefficient (Wildman–Crippen LogP) is 3.06. The molecule has 3 amide bonds. The van der Waals surface area contributed by atoms with Crippen LogP contribution in [-0.4, -0.2) is 48.0 Å². The number of hydrogen-bond acceptors (Lipinski definition) is 4. The Kier molecular flexibility index (Phi) is 5.84. The number of rotatable bonds is 7. The van der Waals surface area contributed by atoms with Crippen molar-refractivity contribution in [2.24, 2.45) is 0 Å². The smallest absolute Gasteiger partial charge is 0.336 e. The minimum atomic E-state index is -0.315. The zero-order valence-corrected chi connectivity index (χ0v) is 14.8. The Balaban J connectivity index is 2.42. The minimum absolute atomic E-state index is 0.261. The summed E-state index contributed by atoms with van der Waals surface area (Å²) in [5.41, 5.74) is 1.04. The van der Waals surface area contributed by atoms with Crippen LogP contribution in [0.4, 0.5) is 10.5 Å². The molecule has 0 radical (unpaired) electrons. The molecular formula is C18H25N3O3. The molecule has 0 unspecified atom stereocenters. The van der Waals surface area contributed by atoms with Crippen molar-refractivity contribution in [2.45, 2.75) is 27.7 Å². The molecule has 0 spiro atoms. The van der Waals surface area contributed by atoms with Gasteiger partial charge in [-0.3, -0.25) is 14.6 Å². The summed E-state index contributed by atoms with van der Waals surface area (Å²) in [6.45, 7) is 10.2. The molecule has 6 heteroatoms. The van der Waals surface area contributed by atoms with Crippen molar-refractivity contribution in [1.29, 1.82) is 0 Å². The van der Waals surface area contributed by atoms with Crippen LogP contribution in [0.1, 0.15) is 27.7 Å². The van der Waals surface area contributed by atoms with Gasteiger partial charge in [0.15, 0.2) is 0 Å². The third-order valence-electron chi connectivity index (χ3n) is 3.97. The third kappa shape index (κ3) is 3.37. The van der Waals surface area contributed by atoms with E-state index in [0.29, 0.717) is 24.5 Å². The van der Waals surface area contributed by atoms with Crippen molar-refractivity contribution >= 4 is 17.6 Å². The van der Waals surface area contributed by atoms with Gasteiger partial charge in [-0.15, -0.1) is 0 Å². The van der Waals surface area contributed by atoms with Gasteiger partial charge in [-0.05, 0) is 52.0 Å². The lowest BCUT2D eigenvalue weighted by molar-refractivity contribution is -0.122. The summed E-state index contributed by atoms with van der Waals surface area (Å²) in [4.78, 5) is 30.0. The molecule has 1 fully saturated rings. The van der Waals surface area contributed by atoms with Crippen LogP contribution in [0.2, 0.25) is 0 Å². The predicted molar refractivity (Wildman–Crippen MR) is 93.9 cm³/mol. The molecule has 0 N–H and O–H groups in total. The maximum absolute atomic E-state index is 12.7. The van der Waals surface area contributed by atoms with Gasteiger partial charge in [-0.1, -0.05) is 0 Å². The Hall–Kier alpha value is -2.50. The van der Waals surface area contributed by atoms with E-state index < -0.39 is 0 Å². The maximum Gasteiger partial charge on any atom is 0.336 e. The van der Waals surface area contributed by atoms with Gasteiger partial charge in [0.25, 0.3) is 5.91 Å². The Morgan fingerprint density at radius 3 is 2.17 bits per heavy atom. The summed E-state index contributed by atoms with van der Waals surface area (Å²) in [6.07, 6.45) is 1.77. The highest BCUT2D eigenvalue weighted by molar-refractivity contribution is 6.21.